The maximum Gasteiger partial charge on any atom is 0.398 e. The third kappa shape index (κ3) is 9.00. The van der Waals surface area contributed by atoms with Crippen LogP contribution in [0, 0.1) is 5.82 Å². The van der Waals surface area contributed by atoms with Crippen molar-refractivity contribution in [1.82, 2.24) is 0 Å². The average molecular weight is 448 g/mol. The summed E-state index contributed by atoms with van der Waals surface area (Å²) in [5, 5.41) is 0. The van der Waals surface area contributed by atoms with Crippen LogP contribution in [0.25, 0.3) is 0 Å². The molecule has 1 aromatic rings. The number of benzene rings is 1. The van der Waals surface area contributed by atoms with Crippen molar-refractivity contribution < 1.29 is 13.2 Å². The SMILES string of the molecule is CCCCCCCCCCCO[Si](CC)(CC)Oc1ccc(F)cc1Br. The third-order valence-corrected chi connectivity index (χ3v) is 8.98. The van der Waals surface area contributed by atoms with Crippen LogP contribution in [0.3, 0.4) is 0 Å². The average Bonchev–Trinajstić information content (AvgIpc) is 2.64. The van der Waals surface area contributed by atoms with E-state index in [1.54, 1.807) is 6.07 Å². The molecule has 0 atom stereocenters. The Morgan fingerprint density at radius 2 is 1.46 bits per heavy atom. The van der Waals surface area contributed by atoms with Gasteiger partial charge in [0.25, 0.3) is 0 Å². The van der Waals surface area contributed by atoms with Crippen LogP contribution in [0.1, 0.15) is 78.6 Å². The van der Waals surface area contributed by atoms with Crippen LogP contribution >= 0.6 is 15.9 Å². The van der Waals surface area contributed by atoms with E-state index in [-0.39, 0.29) is 5.82 Å². The number of rotatable bonds is 15. The molecule has 0 fully saturated rings. The van der Waals surface area contributed by atoms with Crippen LogP contribution in [0.2, 0.25) is 12.1 Å². The van der Waals surface area contributed by atoms with Crippen LogP contribution in [0.5, 0.6) is 5.75 Å². The van der Waals surface area contributed by atoms with Gasteiger partial charge >= 0.3 is 8.56 Å². The van der Waals surface area contributed by atoms with Crippen LogP contribution in [-0.4, -0.2) is 15.2 Å². The predicted octanol–water partition coefficient (Wildman–Crippen LogP) is 8.00. The molecule has 5 heteroatoms. The summed E-state index contributed by atoms with van der Waals surface area (Å²) in [5.41, 5.74) is 0. The molecular weight excluding hydrogens is 411 g/mol. The Hall–Kier alpha value is -0.393. The predicted molar refractivity (Wildman–Crippen MR) is 115 cm³/mol. The highest BCUT2D eigenvalue weighted by atomic mass is 79.9. The normalized spacial score (nSPS) is 11.7. The first-order valence-electron chi connectivity index (χ1n) is 10.3. The highest BCUT2D eigenvalue weighted by Gasteiger charge is 2.36. The Kier molecular flexibility index (Phi) is 12.5. The Labute approximate surface area is 169 Å². The molecule has 0 saturated heterocycles. The Morgan fingerprint density at radius 1 is 0.885 bits per heavy atom. The largest absolute Gasteiger partial charge is 0.519 e. The summed E-state index contributed by atoms with van der Waals surface area (Å²) < 4.78 is 26.5. The third-order valence-electron chi connectivity index (χ3n) is 4.88. The van der Waals surface area contributed by atoms with E-state index in [0.29, 0.717) is 10.2 Å². The molecule has 0 amide bonds. The molecule has 2 nitrogen and oxygen atoms in total. The zero-order valence-corrected chi connectivity index (χ0v) is 19.4. The lowest BCUT2D eigenvalue weighted by Gasteiger charge is -2.30. The molecule has 0 radical (unpaired) electrons. The fraction of sp³-hybridized carbons (Fsp3) is 0.714. The molecule has 0 N–H and O–H groups in total. The lowest BCUT2D eigenvalue weighted by atomic mass is 10.1. The van der Waals surface area contributed by atoms with Gasteiger partial charge in [0.05, 0.1) is 4.47 Å². The molecule has 1 aromatic carbocycles. The lowest BCUT2D eigenvalue weighted by Crippen LogP contribution is -2.44. The Balaban J connectivity index is 2.31. The van der Waals surface area contributed by atoms with Crippen molar-refractivity contribution in [3.05, 3.63) is 28.5 Å². The van der Waals surface area contributed by atoms with E-state index in [1.807, 2.05) is 0 Å². The summed E-state index contributed by atoms with van der Waals surface area (Å²) in [6, 6.07) is 6.36. The molecule has 26 heavy (non-hydrogen) atoms. The van der Waals surface area contributed by atoms with Gasteiger partial charge in [0.15, 0.2) is 0 Å². The van der Waals surface area contributed by atoms with Crippen molar-refractivity contribution in [2.45, 2.75) is 90.6 Å². The first kappa shape index (κ1) is 23.6. The summed E-state index contributed by atoms with van der Waals surface area (Å²) in [6.07, 6.45) is 11.8. The van der Waals surface area contributed by atoms with E-state index in [2.05, 4.69) is 36.7 Å². The number of unbranched alkanes of at least 4 members (excludes halogenated alkanes) is 8. The minimum Gasteiger partial charge on any atom is -0.519 e. The van der Waals surface area contributed by atoms with Gasteiger partial charge in [-0.1, -0.05) is 72.1 Å². The quantitative estimate of drug-likeness (QED) is 0.200. The van der Waals surface area contributed by atoms with Crippen molar-refractivity contribution in [2.75, 3.05) is 6.61 Å². The van der Waals surface area contributed by atoms with Crippen LogP contribution in [0.15, 0.2) is 22.7 Å². The maximum absolute atomic E-state index is 13.3. The summed E-state index contributed by atoms with van der Waals surface area (Å²) in [4.78, 5) is 0. The monoisotopic (exact) mass is 446 g/mol. The first-order valence-corrected chi connectivity index (χ1v) is 13.4. The van der Waals surface area contributed by atoms with Crippen LogP contribution < -0.4 is 4.43 Å². The molecule has 1 rings (SSSR count). The summed E-state index contributed by atoms with van der Waals surface area (Å²) in [7, 11) is -2.28. The smallest absolute Gasteiger partial charge is 0.398 e. The second kappa shape index (κ2) is 13.7. The summed E-state index contributed by atoms with van der Waals surface area (Å²) in [6.45, 7) is 7.28. The van der Waals surface area contributed by atoms with Crippen molar-refractivity contribution >= 4 is 24.5 Å². The molecule has 150 valence electrons. The van der Waals surface area contributed by atoms with Gasteiger partial charge in [-0.3, -0.25) is 0 Å². The van der Waals surface area contributed by atoms with Gasteiger partial charge in [0, 0.05) is 6.61 Å². The van der Waals surface area contributed by atoms with E-state index in [4.69, 9.17) is 8.85 Å². The summed E-state index contributed by atoms with van der Waals surface area (Å²) >= 11 is 3.39. The molecule has 0 bridgehead atoms. The van der Waals surface area contributed by atoms with Gasteiger partial charge in [0.1, 0.15) is 11.6 Å². The molecule has 0 aromatic heterocycles. The van der Waals surface area contributed by atoms with E-state index >= 15 is 0 Å². The second-order valence-corrected chi connectivity index (χ2v) is 11.6. The lowest BCUT2D eigenvalue weighted by molar-refractivity contribution is 0.230. The Morgan fingerprint density at radius 3 is 2.00 bits per heavy atom. The number of halogens is 2. The standard InChI is InChI=1S/C21H36BrFO2Si/c1-4-7-8-9-10-11-12-13-14-17-24-26(5-2,6-3)25-21-16-15-19(23)18-20(21)22/h15-16,18H,4-14,17H2,1-3H3. The van der Waals surface area contributed by atoms with E-state index < -0.39 is 8.56 Å². The van der Waals surface area contributed by atoms with E-state index in [9.17, 15) is 4.39 Å². The van der Waals surface area contributed by atoms with Gasteiger partial charge < -0.3 is 8.85 Å². The van der Waals surface area contributed by atoms with Gasteiger partial charge in [-0.05, 0) is 52.6 Å². The van der Waals surface area contributed by atoms with Crippen LogP contribution in [0.4, 0.5) is 4.39 Å². The molecular formula is C21H36BrFO2Si. The van der Waals surface area contributed by atoms with Crippen LogP contribution in [-0.2, 0) is 4.43 Å². The second-order valence-electron chi connectivity index (χ2n) is 6.97. The van der Waals surface area contributed by atoms with Crippen molar-refractivity contribution in [2.24, 2.45) is 0 Å². The van der Waals surface area contributed by atoms with E-state index in [1.165, 1.54) is 63.5 Å². The minimum atomic E-state index is -2.28. The number of hydrogen-bond acceptors (Lipinski definition) is 2. The topological polar surface area (TPSA) is 18.5 Å². The molecule has 0 aliphatic carbocycles. The first-order chi connectivity index (χ1) is 12.6. The molecule has 0 aliphatic rings. The van der Waals surface area contributed by atoms with Gasteiger partial charge in [-0.15, -0.1) is 0 Å². The van der Waals surface area contributed by atoms with Crippen molar-refractivity contribution in [1.29, 1.82) is 0 Å². The van der Waals surface area contributed by atoms with Gasteiger partial charge in [-0.2, -0.15) is 0 Å². The fourth-order valence-electron chi connectivity index (χ4n) is 3.06. The fourth-order valence-corrected chi connectivity index (χ4v) is 5.99. The van der Waals surface area contributed by atoms with Crippen molar-refractivity contribution in [3.8, 4) is 5.75 Å². The van der Waals surface area contributed by atoms with Gasteiger partial charge in [-0.25, -0.2) is 4.39 Å². The highest BCUT2D eigenvalue weighted by molar-refractivity contribution is 9.10. The molecule has 0 aliphatic heterocycles. The Bertz CT molecular complexity index is 495. The van der Waals surface area contributed by atoms with E-state index in [0.717, 1.165) is 25.1 Å². The molecule has 0 unspecified atom stereocenters. The minimum absolute atomic E-state index is 0.264. The van der Waals surface area contributed by atoms with Crippen molar-refractivity contribution in [3.63, 3.8) is 0 Å². The number of hydrogen-bond donors (Lipinski definition) is 0. The zero-order valence-electron chi connectivity index (χ0n) is 16.8. The summed E-state index contributed by atoms with van der Waals surface area (Å²) in [5.74, 6) is 0.425. The molecule has 0 heterocycles. The zero-order chi connectivity index (χ0) is 19.3. The molecule has 0 spiro atoms. The highest BCUT2D eigenvalue weighted by Crippen LogP contribution is 2.31. The van der Waals surface area contributed by atoms with Gasteiger partial charge in [0.2, 0.25) is 0 Å². The molecule has 0 saturated carbocycles. The maximum atomic E-state index is 13.3.